The summed E-state index contributed by atoms with van der Waals surface area (Å²) in [6, 6.07) is 4.08. The van der Waals surface area contributed by atoms with Gasteiger partial charge in [-0.2, -0.15) is 0 Å². The average molecular weight is 305 g/mol. The summed E-state index contributed by atoms with van der Waals surface area (Å²) in [6.45, 7) is 4.23. The van der Waals surface area contributed by atoms with Gasteiger partial charge in [0.15, 0.2) is 0 Å². The molecule has 0 unspecified atom stereocenters. The molecule has 0 saturated heterocycles. The molecule has 1 N–H and O–H groups in total. The fourth-order valence-corrected chi connectivity index (χ4v) is 2.89. The van der Waals surface area contributed by atoms with E-state index in [1.165, 1.54) is 4.88 Å². The van der Waals surface area contributed by atoms with Crippen LogP contribution in [0.2, 0.25) is 0 Å². The fraction of sp³-hybridized carbons (Fsp3) is 0.545. The molecule has 1 aromatic heterocycles. The number of hydrogen-bond acceptors (Lipinski definition) is 3. The minimum absolute atomic E-state index is 0.210. The highest BCUT2D eigenvalue weighted by Gasteiger charge is 2.12. The summed E-state index contributed by atoms with van der Waals surface area (Å²) in [7, 11) is 1.86. The number of nitrogens with zero attached hydrogens (tertiary/aromatic N) is 1. The first-order chi connectivity index (χ1) is 7.67. The maximum Gasteiger partial charge on any atom is 0.224 e. The Morgan fingerprint density at radius 3 is 2.81 bits per heavy atom. The Kier molecular flexibility index (Phi) is 6.01. The fourth-order valence-electron chi connectivity index (χ4n) is 1.39. The first-order valence-corrected chi connectivity index (χ1v) is 6.95. The number of rotatable bonds is 6. The average Bonchev–Trinajstić information content (AvgIpc) is 2.68. The van der Waals surface area contributed by atoms with Crippen LogP contribution in [0.25, 0.3) is 0 Å². The maximum absolute atomic E-state index is 11.8. The third kappa shape index (κ3) is 4.23. The van der Waals surface area contributed by atoms with Crippen LogP contribution in [-0.2, 0) is 11.3 Å². The molecule has 0 aliphatic heterocycles. The van der Waals surface area contributed by atoms with Crippen LogP contribution in [0.3, 0.4) is 0 Å². The molecule has 90 valence electrons. The van der Waals surface area contributed by atoms with Crippen LogP contribution in [0.1, 0.15) is 18.2 Å². The Morgan fingerprint density at radius 2 is 2.31 bits per heavy atom. The largest absolute Gasteiger partial charge is 0.338 e. The van der Waals surface area contributed by atoms with Crippen molar-refractivity contribution in [2.75, 3.05) is 20.1 Å². The van der Waals surface area contributed by atoms with E-state index in [9.17, 15) is 4.79 Å². The second kappa shape index (κ2) is 7.04. The topological polar surface area (TPSA) is 32.3 Å². The van der Waals surface area contributed by atoms with Gasteiger partial charge in [-0.3, -0.25) is 4.79 Å². The van der Waals surface area contributed by atoms with Gasteiger partial charge in [0.2, 0.25) is 5.91 Å². The number of amides is 1. The van der Waals surface area contributed by atoms with Crippen molar-refractivity contribution < 1.29 is 4.79 Å². The van der Waals surface area contributed by atoms with Gasteiger partial charge >= 0.3 is 0 Å². The first-order valence-electron chi connectivity index (χ1n) is 5.34. The lowest BCUT2D eigenvalue weighted by atomic mass is 10.3. The van der Waals surface area contributed by atoms with Crippen LogP contribution in [-0.4, -0.2) is 30.9 Å². The van der Waals surface area contributed by atoms with Gasteiger partial charge in [0.1, 0.15) is 0 Å². The third-order valence-electron chi connectivity index (χ3n) is 2.30. The van der Waals surface area contributed by atoms with Crippen molar-refractivity contribution in [1.29, 1.82) is 0 Å². The minimum atomic E-state index is 0.210. The van der Waals surface area contributed by atoms with Crippen molar-refractivity contribution in [3.05, 3.63) is 20.8 Å². The maximum atomic E-state index is 11.8. The van der Waals surface area contributed by atoms with E-state index in [1.54, 1.807) is 11.3 Å². The molecule has 1 rings (SSSR count). The normalized spacial score (nSPS) is 10.4. The summed E-state index contributed by atoms with van der Waals surface area (Å²) in [6.07, 6.45) is 0.566. The number of halogens is 1. The zero-order valence-corrected chi connectivity index (χ0v) is 12.0. The molecular weight excluding hydrogens is 288 g/mol. The molecule has 1 heterocycles. The molecule has 0 fully saturated rings. The van der Waals surface area contributed by atoms with Gasteiger partial charge in [-0.15, -0.1) is 11.3 Å². The van der Waals surface area contributed by atoms with Crippen molar-refractivity contribution >= 4 is 33.2 Å². The van der Waals surface area contributed by atoms with Crippen LogP contribution in [0, 0.1) is 0 Å². The summed E-state index contributed by atoms with van der Waals surface area (Å²) < 4.78 is 1.11. The predicted octanol–water partition coefficient (Wildman–Crippen LogP) is 2.47. The van der Waals surface area contributed by atoms with Gasteiger partial charge in [0.25, 0.3) is 0 Å². The van der Waals surface area contributed by atoms with Crippen LogP contribution in [0.15, 0.2) is 15.9 Å². The van der Waals surface area contributed by atoms with E-state index in [2.05, 4.69) is 27.3 Å². The summed E-state index contributed by atoms with van der Waals surface area (Å²) in [4.78, 5) is 14.9. The van der Waals surface area contributed by atoms with Gasteiger partial charge in [-0.05, 0) is 42.0 Å². The van der Waals surface area contributed by atoms with Crippen LogP contribution in [0.4, 0.5) is 0 Å². The van der Waals surface area contributed by atoms with E-state index in [1.807, 2.05) is 24.9 Å². The van der Waals surface area contributed by atoms with E-state index >= 15 is 0 Å². The van der Waals surface area contributed by atoms with Crippen molar-refractivity contribution in [1.82, 2.24) is 10.2 Å². The van der Waals surface area contributed by atoms with Gasteiger partial charge in [0.05, 0.1) is 10.3 Å². The van der Waals surface area contributed by atoms with Crippen LogP contribution >= 0.6 is 27.3 Å². The van der Waals surface area contributed by atoms with Crippen molar-refractivity contribution in [3.63, 3.8) is 0 Å². The Labute approximate surface area is 109 Å². The lowest BCUT2D eigenvalue weighted by Crippen LogP contribution is -2.31. The second-order valence-electron chi connectivity index (χ2n) is 3.47. The molecule has 1 amide bonds. The minimum Gasteiger partial charge on any atom is -0.338 e. The van der Waals surface area contributed by atoms with Gasteiger partial charge in [-0.1, -0.05) is 0 Å². The molecule has 16 heavy (non-hydrogen) atoms. The molecule has 0 saturated carbocycles. The van der Waals surface area contributed by atoms with E-state index in [-0.39, 0.29) is 5.91 Å². The highest BCUT2D eigenvalue weighted by atomic mass is 79.9. The first kappa shape index (κ1) is 13.7. The van der Waals surface area contributed by atoms with E-state index < -0.39 is 0 Å². The van der Waals surface area contributed by atoms with Crippen LogP contribution in [0.5, 0.6) is 0 Å². The number of thiophene rings is 1. The van der Waals surface area contributed by atoms with Crippen LogP contribution < -0.4 is 5.32 Å². The molecule has 0 aromatic carbocycles. The van der Waals surface area contributed by atoms with Crippen molar-refractivity contribution in [2.24, 2.45) is 0 Å². The standard InChI is InChI=1S/C11H17BrN2OS/c1-3-14(11(15)6-7-13-2)8-9-4-5-10(12)16-9/h4-5,13H,3,6-8H2,1-2H3. The summed E-state index contributed by atoms with van der Waals surface area (Å²) in [5.41, 5.74) is 0. The molecule has 0 spiro atoms. The monoisotopic (exact) mass is 304 g/mol. The molecule has 5 heteroatoms. The highest BCUT2D eigenvalue weighted by Crippen LogP contribution is 2.23. The predicted molar refractivity (Wildman–Crippen MR) is 71.7 cm³/mol. The van der Waals surface area contributed by atoms with Gasteiger partial charge < -0.3 is 10.2 Å². The zero-order chi connectivity index (χ0) is 12.0. The SMILES string of the molecule is CCN(Cc1ccc(Br)s1)C(=O)CCNC. The second-order valence-corrected chi connectivity index (χ2v) is 6.01. The van der Waals surface area contributed by atoms with Crippen molar-refractivity contribution in [3.8, 4) is 0 Å². The summed E-state index contributed by atoms with van der Waals surface area (Å²) in [5, 5.41) is 2.99. The molecule has 0 aliphatic carbocycles. The Hall–Kier alpha value is -0.390. The number of nitrogens with one attached hydrogen (secondary N) is 1. The number of carbonyl (C=O) groups excluding carboxylic acids is 1. The lowest BCUT2D eigenvalue weighted by Gasteiger charge is -2.20. The van der Waals surface area contributed by atoms with E-state index in [0.717, 1.165) is 23.4 Å². The van der Waals surface area contributed by atoms with Gasteiger partial charge in [-0.25, -0.2) is 0 Å². The Morgan fingerprint density at radius 1 is 1.56 bits per heavy atom. The quantitative estimate of drug-likeness (QED) is 0.875. The molecule has 0 radical (unpaired) electrons. The number of hydrogen-bond donors (Lipinski definition) is 1. The molecule has 0 atom stereocenters. The smallest absolute Gasteiger partial charge is 0.224 e. The molecule has 3 nitrogen and oxygen atoms in total. The highest BCUT2D eigenvalue weighted by molar-refractivity contribution is 9.11. The molecule has 1 aromatic rings. The molecule has 0 bridgehead atoms. The Bertz CT molecular complexity index is 340. The van der Waals surface area contributed by atoms with E-state index in [0.29, 0.717) is 6.42 Å². The summed E-state index contributed by atoms with van der Waals surface area (Å²) >= 11 is 5.11. The zero-order valence-electron chi connectivity index (χ0n) is 9.62. The molecule has 0 aliphatic rings. The number of carbonyl (C=O) groups is 1. The third-order valence-corrected chi connectivity index (χ3v) is 3.91. The van der Waals surface area contributed by atoms with E-state index in [4.69, 9.17) is 0 Å². The lowest BCUT2D eigenvalue weighted by molar-refractivity contribution is -0.131. The van der Waals surface area contributed by atoms with Gasteiger partial charge in [0, 0.05) is 24.4 Å². The molecular formula is C11H17BrN2OS. The summed E-state index contributed by atoms with van der Waals surface area (Å²) in [5.74, 6) is 0.210. The van der Waals surface area contributed by atoms with Crippen molar-refractivity contribution in [2.45, 2.75) is 19.9 Å². The Balaban J connectivity index is 2.51.